The van der Waals surface area contributed by atoms with Gasteiger partial charge in [-0.1, -0.05) is 19.1 Å². The molecule has 0 bridgehead atoms. The van der Waals surface area contributed by atoms with E-state index in [1.807, 2.05) is 31.2 Å². The minimum atomic E-state index is -0.118. The number of benzene rings is 2. The number of anilines is 1. The maximum absolute atomic E-state index is 11.9. The second-order valence-electron chi connectivity index (χ2n) is 5.71. The lowest BCUT2D eigenvalue weighted by Crippen LogP contribution is -2.11. The summed E-state index contributed by atoms with van der Waals surface area (Å²) in [5.41, 5.74) is 1.98. The van der Waals surface area contributed by atoms with Crippen molar-refractivity contribution in [1.29, 1.82) is 0 Å². The molecule has 132 valence electrons. The van der Waals surface area contributed by atoms with E-state index in [1.165, 1.54) is 6.92 Å². The van der Waals surface area contributed by atoms with Crippen LogP contribution in [0.4, 0.5) is 5.69 Å². The van der Waals surface area contributed by atoms with E-state index in [0.717, 1.165) is 17.7 Å². The van der Waals surface area contributed by atoms with Crippen LogP contribution in [0.3, 0.4) is 0 Å². The van der Waals surface area contributed by atoms with E-state index < -0.39 is 0 Å². The Kier molecular flexibility index (Phi) is 6.57. The van der Waals surface area contributed by atoms with E-state index in [-0.39, 0.29) is 11.7 Å². The minimum Gasteiger partial charge on any atom is -0.497 e. The predicted molar refractivity (Wildman–Crippen MR) is 97.3 cm³/mol. The van der Waals surface area contributed by atoms with Crippen molar-refractivity contribution < 1.29 is 19.1 Å². The second kappa shape index (κ2) is 8.87. The number of Topliss-reactive ketones (excluding diaryl/α,β-unsaturated/α-hetero) is 1. The standard InChI is InChI=1S/C20H23NO4/c1-4-6-20(23)21-16-9-10-19(18(12-16)14(2)22)25-13-15-7-5-8-17(11-15)24-3/h5,7-12H,4,6,13H2,1-3H3,(H,21,23). The van der Waals surface area contributed by atoms with E-state index in [0.29, 0.717) is 30.0 Å². The molecule has 1 amide bonds. The number of rotatable bonds is 8. The fourth-order valence-corrected chi connectivity index (χ4v) is 2.38. The summed E-state index contributed by atoms with van der Waals surface area (Å²) in [4.78, 5) is 23.6. The molecule has 0 fully saturated rings. The van der Waals surface area contributed by atoms with Gasteiger partial charge >= 0.3 is 0 Å². The molecule has 0 aliphatic heterocycles. The lowest BCUT2D eigenvalue weighted by molar-refractivity contribution is -0.116. The van der Waals surface area contributed by atoms with Gasteiger partial charge in [0.05, 0.1) is 12.7 Å². The zero-order valence-electron chi connectivity index (χ0n) is 14.8. The number of carbonyl (C=O) groups is 2. The number of carbonyl (C=O) groups excluding carboxylic acids is 2. The zero-order valence-corrected chi connectivity index (χ0v) is 14.8. The fraction of sp³-hybridized carbons (Fsp3) is 0.300. The Morgan fingerprint density at radius 3 is 2.60 bits per heavy atom. The van der Waals surface area contributed by atoms with Crippen molar-refractivity contribution in [2.24, 2.45) is 0 Å². The first kappa shape index (κ1) is 18.5. The third-order valence-electron chi connectivity index (χ3n) is 3.65. The minimum absolute atomic E-state index is 0.0675. The SMILES string of the molecule is CCCC(=O)Nc1ccc(OCc2cccc(OC)c2)c(C(C)=O)c1. The monoisotopic (exact) mass is 341 g/mol. The molecule has 0 spiro atoms. The van der Waals surface area contributed by atoms with E-state index >= 15 is 0 Å². The molecule has 0 atom stereocenters. The van der Waals surface area contributed by atoms with E-state index in [1.54, 1.807) is 25.3 Å². The van der Waals surface area contributed by atoms with Gasteiger partial charge in [0.25, 0.3) is 0 Å². The molecule has 25 heavy (non-hydrogen) atoms. The Hall–Kier alpha value is -2.82. The summed E-state index contributed by atoms with van der Waals surface area (Å²) >= 11 is 0. The van der Waals surface area contributed by atoms with Gasteiger partial charge in [-0.05, 0) is 49.2 Å². The molecule has 2 aromatic carbocycles. The summed E-state index contributed by atoms with van der Waals surface area (Å²) in [6.07, 6.45) is 1.22. The highest BCUT2D eigenvalue weighted by Crippen LogP contribution is 2.25. The lowest BCUT2D eigenvalue weighted by Gasteiger charge is -2.13. The van der Waals surface area contributed by atoms with Gasteiger partial charge in [0.2, 0.25) is 5.91 Å². The molecule has 1 N–H and O–H groups in total. The maximum atomic E-state index is 11.9. The highest BCUT2D eigenvalue weighted by molar-refractivity contribution is 5.99. The van der Waals surface area contributed by atoms with Crippen LogP contribution in [0.25, 0.3) is 0 Å². The van der Waals surface area contributed by atoms with Gasteiger partial charge in [-0.15, -0.1) is 0 Å². The molecular formula is C20H23NO4. The maximum Gasteiger partial charge on any atom is 0.224 e. The molecule has 0 heterocycles. The van der Waals surface area contributed by atoms with Crippen LogP contribution < -0.4 is 14.8 Å². The number of amides is 1. The van der Waals surface area contributed by atoms with Crippen molar-refractivity contribution >= 4 is 17.4 Å². The first-order valence-electron chi connectivity index (χ1n) is 8.24. The number of methoxy groups -OCH3 is 1. The van der Waals surface area contributed by atoms with Crippen LogP contribution in [0, 0.1) is 0 Å². The van der Waals surface area contributed by atoms with Crippen LogP contribution in [-0.4, -0.2) is 18.8 Å². The molecule has 0 aliphatic rings. The largest absolute Gasteiger partial charge is 0.497 e. The molecule has 0 aliphatic carbocycles. The van der Waals surface area contributed by atoms with Crippen LogP contribution in [0.2, 0.25) is 0 Å². The Bertz CT molecular complexity index is 755. The summed E-state index contributed by atoms with van der Waals surface area (Å²) < 4.78 is 11.0. The van der Waals surface area contributed by atoms with Crippen molar-refractivity contribution in [2.45, 2.75) is 33.3 Å². The zero-order chi connectivity index (χ0) is 18.2. The summed E-state index contributed by atoms with van der Waals surface area (Å²) in [6.45, 7) is 3.74. The smallest absolute Gasteiger partial charge is 0.224 e. The molecule has 0 saturated heterocycles. The number of ketones is 1. The summed E-state index contributed by atoms with van der Waals surface area (Å²) in [7, 11) is 1.61. The Morgan fingerprint density at radius 1 is 1.12 bits per heavy atom. The van der Waals surface area contributed by atoms with Gasteiger partial charge in [0.15, 0.2) is 5.78 Å². The van der Waals surface area contributed by atoms with Crippen LogP contribution in [-0.2, 0) is 11.4 Å². The summed E-state index contributed by atoms with van der Waals surface area (Å²) in [5.74, 6) is 1.06. The van der Waals surface area contributed by atoms with Crippen molar-refractivity contribution in [1.82, 2.24) is 0 Å². The number of ether oxygens (including phenoxy) is 2. The highest BCUT2D eigenvalue weighted by Gasteiger charge is 2.11. The Morgan fingerprint density at radius 2 is 1.92 bits per heavy atom. The topological polar surface area (TPSA) is 64.6 Å². The van der Waals surface area contributed by atoms with Gasteiger partial charge in [-0.25, -0.2) is 0 Å². The normalized spacial score (nSPS) is 10.2. The number of hydrogen-bond donors (Lipinski definition) is 1. The molecule has 0 saturated carbocycles. The van der Waals surface area contributed by atoms with Crippen LogP contribution in [0.1, 0.15) is 42.6 Å². The quantitative estimate of drug-likeness (QED) is 0.730. The molecular weight excluding hydrogens is 318 g/mol. The van der Waals surface area contributed by atoms with Crippen LogP contribution in [0.15, 0.2) is 42.5 Å². The van der Waals surface area contributed by atoms with Crippen LogP contribution in [0.5, 0.6) is 11.5 Å². The number of hydrogen-bond acceptors (Lipinski definition) is 4. The summed E-state index contributed by atoms with van der Waals surface area (Å²) in [6, 6.07) is 12.6. The third kappa shape index (κ3) is 5.35. The lowest BCUT2D eigenvalue weighted by atomic mass is 10.1. The molecule has 0 unspecified atom stereocenters. The highest BCUT2D eigenvalue weighted by atomic mass is 16.5. The van der Waals surface area contributed by atoms with Gasteiger partial charge in [-0.2, -0.15) is 0 Å². The number of nitrogens with one attached hydrogen (secondary N) is 1. The van der Waals surface area contributed by atoms with E-state index in [4.69, 9.17) is 9.47 Å². The van der Waals surface area contributed by atoms with Crippen molar-refractivity contribution in [3.05, 3.63) is 53.6 Å². The first-order chi connectivity index (χ1) is 12.0. The van der Waals surface area contributed by atoms with Crippen LogP contribution >= 0.6 is 0 Å². The third-order valence-corrected chi connectivity index (χ3v) is 3.65. The predicted octanol–water partition coefficient (Wildman–Crippen LogP) is 4.22. The molecule has 5 heteroatoms. The van der Waals surface area contributed by atoms with Gasteiger partial charge in [0.1, 0.15) is 18.1 Å². The molecule has 0 radical (unpaired) electrons. The molecule has 2 aromatic rings. The van der Waals surface area contributed by atoms with E-state index in [9.17, 15) is 9.59 Å². The Balaban J connectivity index is 2.14. The first-order valence-corrected chi connectivity index (χ1v) is 8.24. The van der Waals surface area contributed by atoms with Crippen molar-refractivity contribution in [3.63, 3.8) is 0 Å². The average molecular weight is 341 g/mol. The van der Waals surface area contributed by atoms with Crippen molar-refractivity contribution in [2.75, 3.05) is 12.4 Å². The summed E-state index contributed by atoms with van der Waals surface area (Å²) in [5, 5.41) is 2.79. The molecule has 2 rings (SSSR count). The average Bonchev–Trinajstić information content (AvgIpc) is 2.60. The molecule has 5 nitrogen and oxygen atoms in total. The Labute approximate surface area is 148 Å². The van der Waals surface area contributed by atoms with Gasteiger partial charge in [-0.3, -0.25) is 9.59 Å². The second-order valence-corrected chi connectivity index (χ2v) is 5.71. The van der Waals surface area contributed by atoms with Gasteiger partial charge in [0, 0.05) is 12.1 Å². The fourth-order valence-electron chi connectivity index (χ4n) is 2.38. The van der Waals surface area contributed by atoms with Gasteiger partial charge < -0.3 is 14.8 Å². The van der Waals surface area contributed by atoms with E-state index in [2.05, 4.69) is 5.32 Å². The van der Waals surface area contributed by atoms with Crippen molar-refractivity contribution in [3.8, 4) is 11.5 Å². The molecule has 0 aromatic heterocycles.